The van der Waals surface area contributed by atoms with Crippen LogP contribution in [-0.2, 0) is 10.0 Å². The molecule has 4 aromatic rings. The van der Waals surface area contributed by atoms with E-state index in [2.05, 4.69) is 15.2 Å². The molecule has 2 N–H and O–H groups in total. The first-order chi connectivity index (χ1) is 15.8. The monoisotopic (exact) mass is 477 g/mol. The predicted octanol–water partition coefficient (Wildman–Crippen LogP) is 5.45. The average Bonchev–Trinajstić information content (AvgIpc) is 2.83. The standard InChI is InChI=1S/C25H20ClN3O3S/c1-17(19-14-13-18-7-2-3-8-20(18)15-19)27-28-25(30)21-9-6-10-22(16-21)33(31,32)29-24-12-5-4-11-23(24)26/h2-16,29H,1H3,(H,28,30)/b27-17-. The Morgan fingerprint density at radius 2 is 1.55 bits per heavy atom. The number of nitrogens with zero attached hydrogens (tertiary/aromatic N) is 1. The fourth-order valence-electron chi connectivity index (χ4n) is 3.23. The van der Waals surface area contributed by atoms with E-state index >= 15 is 0 Å². The van der Waals surface area contributed by atoms with Crippen molar-refractivity contribution < 1.29 is 13.2 Å². The molecule has 4 aromatic carbocycles. The summed E-state index contributed by atoms with van der Waals surface area (Å²) in [5, 5.41) is 6.64. The topological polar surface area (TPSA) is 87.6 Å². The zero-order valence-corrected chi connectivity index (χ0v) is 19.2. The second kappa shape index (κ2) is 9.44. The zero-order valence-electron chi connectivity index (χ0n) is 17.6. The highest BCUT2D eigenvalue weighted by Crippen LogP contribution is 2.24. The second-order valence-electron chi connectivity index (χ2n) is 7.31. The van der Waals surface area contributed by atoms with Crippen molar-refractivity contribution >= 4 is 49.7 Å². The van der Waals surface area contributed by atoms with Gasteiger partial charge < -0.3 is 0 Å². The van der Waals surface area contributed by atoms with Gasteiger partial charge in [0.2, 0.25) is 0 Å². The minimum absolute atomic E-state index is 0.0645. The lowest BCUT2D eigenvalue weighted by Crippen LogP contribution is -2.20. The van der Waals surface area contributed by atoms with Crippen molar-refractivity contribution in [3.05, 3.63) is 107 Å². The highest BCUT2D eigenvalue weighted by molar-refractivity contribution is 7.92. The number of fused-ring (bicyclic) bond motifs is 1. The average molecular weight is 478 g/mol. The van der Waals surface area contributed by atoms with Crippen LogP contribution < -0.4 is 10.1 Å². The lowest BCUT2D eigenvalue weighted by atomic mass is 10.0. The molecule has 8 heteroatoms. The number of para-hydroxylation sites is 1. The van der Waals surface area contributed by atoms with Crippen LogP contribution in [-0.4, -0.2) is 20.0 Å². The summed E-state index contributed by atoms with van der Waals surface area (Å²) in [5.41, 5.74) is 4.40. The van der Waals surface area contributed by atoms with Crippen LogP contribution in [0.4, 0.5) is 5.69 Å². The number of halogens is 1. The highest BCUT2D eigenvalue weighted by atomic mass is 35.5. The highest BCUT2D eigenvalue weighted by Gasteiger charge is 2.17. The fraction of sp³-hybridized carbons (Fsp3) is 0.0400. The van der Waals surface area contributed by atoms with Crippen molar-refractivity contribution in [3.63, 3.8) is 0 Å². The molecule has 0 atom stereocenters. The molecule has 166 valence electrons. The van der Waals surface area contributed by atoms with Crippen LogP contribution >= 0.6 is 11.6 Å². The van der Waals surface area contributed by atoms with E-state index in [4.69, 9.17) is 11.6 Å². The van der Waals surface area contributed by atoms with Crippen molar-refractivity contribution in [2.45, 2.75) is 11.8 Å². The first-order valence-electron chi connectivity index (χ1n) is 10.0. The Bertz CT molecular complexity index is 1480. The van der Waals surface area contributed by atoms with E-state index in [0.717, 1.165) is 16.3 Å². The number of benzene rings is 4. The van der Waals surface area contributed by atoms with Crippen molar-refractivity contribution in [2.24, 2.45) is 5.10 Å². The van der Waals surface area contributed by atoms with E-state index in [1.54, 1.807) is 31.2 Å². The maximum absolute atomic E-state index is 12.8. The molecule has 0 bridgehead atoms. The number of hydrazone groups is 1. The van der Waals surface area contributed by atoms with Gasteiger partial charge in [-0.3, -0.25) is 9.52 Å². The van der Waals surface area contributed by atoms with E-state index in [1.165, 1.54) is 24.3 Å². The van der Waals surface area contributed by atoms with Gasteiger partial charge in [-0.1, -0.05) is 66.2 Å². The number of carbonyl (C=O) groups is 1. The molecule has 0 unspecified atom stereocenters. The third kappa shape index (κ3) is 5.22. The van der Waals surface area contributed by atoms with Crippen molar-refractivity contribution in [2.75, 3.05) is 4.72 Å². The summed E-state index contributed by atoms with van der Waals surface area (Å²) in [6, 6.07) is 26.1. The SMILES string of the molecule is C/C(=N/NC(=O)c1cccc(S(=O)(=O)Nc2ccccc2Cl)c1)c1ccc2ccccc2c1. The fourth-order valence-corrected chi connectivity index (χ4v) is 4.59. The van der Waals surface area contributed by atoms with Crippen LogP contribution in [0.2, 0.25) is 5.02 Å². The number of hydrogen-bond donors (Lipinski definition) is 2. The summed E-state index contributed by atoms with van der Waals surface area (Å²) in [5.74, 6) is -0.523. The number of amides is 1. The molecule has 1 amide bonds. The molecule has 6 nitrogen and oxygen atoms in total. The number of carbonyl (C=O) groups excluding carboxylic acids is 1. The van der Waals surface area contributed by atoms with Crippen molar-refractivity contribution in [1.29, 1.82) is 0 Å². The summed E-state index contributed by atoms with van der Waals surface area (Å²) >= 11 is 6.05. The number of sulfonamides is 1. The molecule has 33 heavy (non-hydrogen) atoms. The third-order valence-electron chi connectivity index (χ3n) is 5.02. The molecule has 0 aromatic heterocycles. The van der Waals surface area contributed by atoms with Crippen LogP contribution in [0.5, 0.6) is 0 Å². The lowest BCUT2D eigenvalue weighted by molar-refractivity contribution is 0.0954. The van der Waals surface area contributed by atoms with Gasteiger partial charge in [0.05, 0.1) is 21.3 Å². The van der Waals surface area contributed by atoms with Gasteiger partial charge >= 0.3 is 0 Å². The number of anilines is 1. The van der Waals surface area contributed by atoms with Gasteiger partial charge in [-0.15, -0.1) is 0 Å². The minimum Gasteiger partial charge on any atom is -0.278 e. The van der Waals surface area contributed by atoms with Crippen LogP contribution in [0.1, 0.15) is 22.8 Å². The molecule has 0 fully saturated rings. The van der Waals surface area contributed by atoms with Crippen molar-refractivity contribution in [3.8, 4) is 0 Å². The van der Waals surface area contributed by atoms with Gasteiger partial charge in [0, 0.05) is 5.56 Å². The number of rotatable bonds is 6. The Morgan fingerprint density at radius 3 is 2.33 bits per heavy atom. The molecule has 0 spiro atoms. The Hall–Kier alpha value is -3.68. The normalized spacial score (nSPS) is 11.9. The molecule has 0 aliphatic carbocycles. The summed E-state index contributed by atoms with van der Waals surface area (Å²) in [6.45, 7) is 1.79. The van der Waals surface area contributed by atoms with Gasteiger partial charge in [-0.2, -0.15) is 5.10 Å². The maximum atomic E-state index is 12.8. The summed E-state index contributed by atoms with van der Waals surface area (Å²) in [7, 11) is -3.94. The van der Waals surface area contributed by atoms with Crippen molar-refractivity contribution in [1.82, 2.24) is 5.43 Å². The largest absolute Gasteiger partial charge is 0.278 e. The van der Waals surface area contributed by atoms with E-state index < -0.39 is 15.9 Å². The summed E-state index contributed by atoms with van der Waals surface area (Å²) < 4.78 is 28.0. The molecule has 4 rings (SSSR count). The zero-order chi connectivity index (χ0) is 23.4. The first-order valence-corrected chi connectivity index (χ1v) is 11.9. The van der Waals surface area contributed by atoms with Crippen LogP contribution in [0.15, 0.2) is 101 Å². The Kier molecular flexibility index (Phi) is 6.44. The van der Waals surface area contributed by atoms with Gasteiger partial charge in [-0.25, -0.2) is 13.8 Å². The second-order valence-corrected chi connectivity index (χ2v) is 9.40. The number of nitrogens with one attached hydrogen (secondary N) is 2. The third-order valence-corrected chi connectivity index (χ3v) is 6.71. The quantitative estimate of drug-likeness (QED) is 0.286. The minimum atomic E-state index is -3.94. The maximum Gasteiger partial charge on any atom is 0.271 e. The van der Waals surface area contributed by atoms with Crippen LogP contribution in [0.3, 0.4) is 0 Å². The van der Waals surface area contributed by atoms with E-state index in [1.807, 2.05) is 42.5 Å². The lowest BCUT2D eigenvalue weighted by Gasteiger charge is -2.10. The number of hydrogen-bond acceptors (Lipinski definition) is 4. The first kappa shape index (κ1) is 22.5. The van der Waals surface area contributed by atoms with Gasteiger partial charge in [-0.05, 0) is 59.7 Å². The summed E-state index contributed by atoms with van der Waals surface area (Å²) in [6.07, 6.45) is 0. The Labute approximate surface area is 197 Å². The van der Waals surface area contributed by atoms with E-state index in [0.29, 0.717) is 5.71 Å². The van der Waals surface area contributed by atoms with Crippen LogP contribution in [0, 0.1) is 0 Å². The van der Waals surface area contributed by atoms with E-state index in [-0.39, 0.29) is 21.2 Å². The molecule has 0 saturated heterocycles. The smallest absolute Gasteiger partial charge is 0.271 e. The van der Waals surface area contributed by atoms with E-state index in [9.17, 15) is 13.2 Å². The van der Waals surface area contributed by atoms with Gasteiger partial charge in [0.15, 0.2) is 0 Å². The molecular weight excluding hydrogens is 458 g/mol. The van der Waals surface area contributed by atoms with Gasteiger partial charge in [0.1, 0.15) is 0 Å². The molecule has 0 saturated carbocycles. The Balaban J connectivity index is 1.51. The molecule has 0 aliphatic rings. The molecule has 0 radical (unpaired) electrons. The van der Waals surface area contributed by atoms with Crippen LogP contribution in [0.25, 0.3) is 10.8 Å². The van der Waals surface area contributed by atoms with Gasteiger partial charge in [0.25, 0.3) is 15.9 Å². The predicted molar refractivity (Wildman–Crippen MR) is 132 cm³/mol. The molecular formula is C25H20ClN3O3S. The molecule has 0 aliphatic heterocycles. The molecule has 0 heterocycles. The summed E-state index contributed by atoms with van der Waals surface area (Å²) in [4.78, 5) is 12.6. The Morgan fingerprint density at radius 1 is 0.818 bits per heavy atom.